The topological polar surface area (TPSA) is 74.3 Å². The Morgan fingerprint density at radius 1 is 0.973 bits per heavy atom. The molecule has 190 valence electrons. The maximum Gasteiger partial charge on any atom is 0.253 e. The molecule has 5 aliphatic rings. The van der Waals surface area contributed by atoms with Gasteiger partial charge in [0, 0.05) is 35.8 Å². The van der Waals surface area contributed by atoms with Crippen LogP contribution in [0.2, 0.25) is 0 Å². The first-order valence-electron chi connectivity index (χ1n) is 13.4. The number of hydrogen-bond acceptors (Lipinski definition) is 4. The van der Waals surface area contributed by atoms with Gasteiger partial charge in [0.2, 0.25) is 5.91 Å². The molecule has 4 fully saturated rings. The predicted molar refractivity (Wildman–Crippen MR) is 138 cm³/mol. The van der Waals surface area contributed by atoms with E-state index in [-0.39, 0.29) is 35.3 Å². The highest BCUT2D eigenvalue weighted by Crippen LogP contribution is 2.57. The van der Waals surface area contributed by atoms with Crippen LogP contribution in [-0.2, 0) is 17.9 Å². The van der Waals surface area contributed by atoms with Crippen LogP contribution in [0.4, 0.5) is 4.39 Å². The zero-order chi connectivity index (χ0) is 25.2. The maximum absolute atomic E-state index is 13.6. The summed E-state index contributed by atoms with van der Waals surface area (Å²) in [5.41, 5.74) is 3.02. The molecule has 3 aromatic rings. The van der Waals surface area contributed by atoms with Crippen LogP contribution in [-0.4, -0.2) is 39.3 Å². The quantitative estimate of drug-likeness (QED) is 0.549. The van der Waals surface area contributed by atoms with Crippen molar-refractivity contribution in [2.45, 2.75) is 62.7 Å². The van der Waals surface area contributed by atoms with Crippen molar-refractivity contribution in [3.63, 3.8) is 0 Å². The zero-order valence-corrected chi connectivity index (χ0v) is 20.8. The van der Waals surface area contributed by atoms with Crippen molar-refractivity contribution < 1.29 is 14.0 Å². The lowest BCUT2D eigenvalue weighted by Gasteiger charge is -2.62. The van der Waals surface area contributed by atoms with Crippen molar-refractivity contribution in [3.8, 4) is 0 Å². The van der Waals surface area contributed by atoms with Gasteiger partial charge in [-0.25, -0.2) is 4.39 Å². The van der Waals surface area contributed by atoms with Crippen molar-refractivity contribution >= 4 is 22.7 Å². The number of carbonyl (C=O) groups excluding carboxylic acids is 2. The highest BCUT2D eigenvalue weighted by Gasteiger charge is 2.58. The van der Waals surface area contributed by atoms with Gasteiger partial charge in [-0.1, -0.05) is 24.3 Å². The average Bonchev–Trinajstić information content (AvgIpc) is 3.29. The SMILES string of the molecule is O=C(NC12C[C@@H]3C[C@@H](CC(NCC(=O)N4Cc5ccc(F)cc5C4)(C3)C1)C2)c1cnc2ccccc2c1. The molecule has 8 rings (SSSR count). The molecular weight excluding hydrogens is 467 g/mol. The van der Waals surface area contributed by atoms with Crippen LogP contribution in [0.25, 0.3) is 10.9 Å². The fraction of sp³-hybridized carbons (Fsp3) is 0.433. The number of nitrogens with zero attached hydrogens (tertiary/aromatic N) is 2. The van der Waals surface area contributed by atoms with Crippen LogP contribution in [0.15, 0.2) is 54.7 Å². The lowest BCUT2D eigenvalue weighted by atomic mass is 9.50. The molecule has 2 unspecified atom stereocenters. The molecule has 37 heavy (non-hydrogen) atoms. The van der Waals surface area contributed by atoms with E-state index in [2.05, 4.69) is 15.6 Å². The second kappa shape index (κ2) is 8.35. The van der Waals surface area contributed by atoms with E-state index in [1.165, 1.54) is 18.6 Å². The second-order valence-corrected chi connectivity index (χ2v) is 11.9. The minimum Gasteiger partial charge on any atom is -0.346 e. The number of halogens is 1. The van der Waals surface area contributed by atoms with Crippen LogP contribution in [0, 0.1) is 17.7 Å². The monoisotopic (exact) mass is 498 g/mol. The predicted octanol–water partition coefficient (Wildman–Crippen LogP) is 4.33. The first-order valence-corrected chi connectivity index (χ1v) is 13.4. The standard InChI is InChI=1S/C30H31FN4O2/c31-25-6-5-22-16-35(17-24(22)9-25)27(36)15-33-29-10-19-7-20(11-29)13-30(12-19,18-29)34-28(37)23-8-21-3-1-2-4-26(21)32-14-23/h1-6,8-9,14,19-20,33H,7,10-13,15-18H2,(H,34,37)/t19-,20+,29?,30?. The number of aromatic nitrogens is 1. The van der Waals surface area contributed by atoms with E-state index in [1.807, 2.05) is 35.2 Å². The molecule has 1 aromatic heterocycles. The van der Waals surface area contributed by atoms with Gasteiger partial charge in [-0.15, -0.1) is 0 Å². The van der Waals surface area contributed by atoms with Gasteiger partial charge in [0.05, 0.1) is 17.6 Å². The number of pyridine rings is 1. The summed E-state index contributed by atoms with van der Waals surface area (Å²) in [5, 5.41) is 8.08. The summed E-state index contributed by atoms with van der Waals surface area (Å²) in [6.07, 6.45) is 7.83. The van der Waals surface area contributed by atoms with E-state index in [9.17, 15) is 14.0 Å². The van der Waals surface area contributed by atoms with Crippen molar-refractivity contribution in [3.05, 3.63) is 77.2 Å². The molecule has 1 aliphatic heterocycles. The Bertz CT molecular complexity index is 1410. The minimum absolute atomic E-state index is 0.0488. The molecule has 7 heteroatoms. The van der Waals surface area contributed by atoms with Crippen LogP contribution in [0.1, 0.15) is 60.0 Å². The number of carbonyl (C=O) groups is 2. The van der Waals surface area contributed by atoms with Crippen molar-refractivity contribution in [1.29, 1.82) is 0 Å². The van der Waals surface area contributed by atoms with Crippen molar-refractivity contribution in [1.82, 2.24) is 20.5 Å². The highest BCUT2D eigenvalue weighted by molar-refractivity contribution is 5.97. The van der Waals surface area contributed by atoms with E-state index in [0.717, 1.165) is 54.1 Å². The molecule has 4 saturated carbocycles. The summed E-state index contributed by atoms with van der Waals surface area (Å²) in [4.78, 5) is 32.8. The van der Waals surface area contributed by atoms with Crippen LogP contribution in [0.3, 0.4) is 0 Å². The number of amides is 2. The molecule has 4 atom stereocenters. The Morgan fingerprint density at radius 2 is 1.73 bits per heavy atom. The molecule has 6 nitrogen and oxygen atoms in total. The summed E-state index contributed by atoms with van der Waals surface area (Å²) in [6, 6.07) is 14.5. The number of hydrogen-bond donors (Lipinski definition) is 2. The number of para-hydroxylation sites is 1. The number of benzene rings is 2. The first kappa shape index (κ1) is 22.8. The van der Waals surface area contributed by atoms with Crippen molar-refractivity contribution in [2.75, 3.05) is 6.54 Å². The largest absolute Gasteiger partial charge is 0.346 e. The van der Waals surface area contributed by atoms with E-state index >= 15 is 0 Å². The van der Waals surface area contributed by atoms with Crippen molar-refractivity contribution in [2.24, 2.45) is 11.8 Å². The normalized spacial score (nSPS) is 29.5. The van der Waals surface area contributed by atoms with E-state index < -0.39 is 0 Å². The third-order valence-electron chi connectivity index (χ3n) is 9.15. The third kappa shape index (κ3) is 4.09. The molecular formula is C30H31FN4O2. The Hall–Kier alpha value is -3.32. The molecule has 2 heterocycles. The number of rotatable bonds is 5. The van der Waals surface area contributed by atoms with Gasteiger partial charge >= 0.3 is 0 Å². The molecule has 2 amide bonds. The molecule has 2 N–H and O–H groups in total. The zero-order valence-electron chi connectivity index (χ0n) is 20.8. The number of fused-ring (bicyclic) bond motifs is 2. The van der Waals surface area contributed by atoms with Gasteiger partial charge in [0.15, 0.2) is 0 Å². The molecule has 0 saturated heterocycles. The lowest BCUT2D eigenvalue weighted by molar-refractivity contribution is -0.132. The fourth-order valence-electron chi connectivity index (χ4n) is 8.04. The Morgan fingerprint density at radius 3 is 2.57 bits per heavy atom. The van der Waals surface area contributed by atoms with Gasteiger partial charge in [-0.05, 0) is 85.8 Å². The summed E-state index contributed by atoms with van der Waals surface area (Å²) in [7, 11) is 0. The minimum atomic E-state index is -0.258. The molecule has 2 aromatic carbocycles. The Kier molecular flexibility index (Phi) is 5.15. The summed E-state index contributed by atoms with van der Waals surface area (Å²) < 4.78 is 13.6. The second-order valence-electron chi connectivity index (χ2n) is 11.9. The molecule has 4 bridgehead atoms. The van der Waals surface area contributed by atoms with Crippen LogP contribution in [0.5, 0.6) is 0 Å². The fourth-order valence-corrected chi connectivity index (χ4v) is 8.04. The lowest BCUT2D eigenvalue weighted by Crippen LogP contribution is -2.69. The Balaban J connectivity index is 1.05. The Labute approximate surface area is 215 Å². The van der Waals surface area contributed by atoms with E-state index in [1.54, 1.807) is 12.3 Å². The van der Waals surface area contributed by atoms with Crippen LogP contribution >= 0.6 is 0 Å². The molecule has 4 aliphatic carbocycles. The van der Waals surface area contributed by atoms with Crippen LogP contribution < -0.4 is 10.6 Å². The van der Waals surface area contributed by atoms with Gasteiger partial charge in [0.25, 0.3) is 5.91 Å². The average molecular weight is 499 g/mol. The summed E-state index contributed by atoms with van der Waals surface area (Å²) in [6.45, 7) is 1.27. The maximum atomic E-state index is 13.6. The van der Waals surface area contributed by atoms with Gasteiger partial charge < -0.3 is 15.5 Å². The first-order chi connectivity index (χ1) is 17.9. The van der Waals surface area contributed by atoms with Gasteiger partial charge in [-0.3, -0.25) is 14.6 Å². The summed E-state index contributed by atoms with van der Waals surface area (Å²) in [5.74, 6) is 0.837. The molecule has 0 radical (unpaired) electrons. The molecule has 0 spiro atoms. The summed E-state index contributed by atoms with van der Waals surface area (Å²) >= 11 is 0. The van der Waals surface area contributed by atoms with E-state index in [4.69, 9.17) is 0 Å². The van der Waals surface area contributed by atoms with E-state index in [0.29, 0.717) is 30.5 Å². The van der Waals surface area contributed by atoms with Gasteiger partial charge in [0.1, 0.15) is 5.82 Å². The van der Waals surface area contributed by atoms with Gasteiger partial charge in [-0.2, -0.15) is 0 Å². The third-order valence-corrected chi connectivity index (χ3v) is 9.15. The number of nitrogens with one attached hydrogen (secondary N) is 2. The highest BCUT2D eigenvalue weighted by atomic mass is 19.1. The smallest absolute Gasteiger partial charge is 0.253 e.